The molecule has 0 aliphatic heterocycles. The normalized spacial score (nSPS) is 10.7. The number of hydrogen-bond donors (Lipinski definition) is 2. The van der Waals surface area contributed by atoms with E-state index in [0.717, 1.165) is 35.1 Å². The van der Waals surface area contributed by atoms with Crippen molar-refractivity contribution in [3.63, 3.8) is 0 Å². The molecular weight excluding hydrogens is 430 g/mol. The maximum atomic E-state index is 13.7. The Morgan fingerprint density at radius 2 is 1.76 bits per heavy atom. The summed E-state index contributed by atoms with van der Waals surface area (Å²) in [7, 11) is 1.57. The van der Waals surface area contributed by atoms with Crippen LogP contribution in [0.25, 0.3) is 5.70 Å². The molecule has 7 nitrogen and oxygen atoms in total. The highest BCUT2D eigenvalue weighted by molar-refractivity contribution is 5.79. The van der Waals surface area contributed by atoms with Gasteiger partial charge in [-0.05, 0) is 41.8 Å². The number of primary amides is 1. The summed E-state index contributed by atoms with van der Waals surface area (Å²) in [6.45, 7) is 0.320. The van der Waals surface area contributed by atoms with Crippen LogP contribution in [-0.2, 0) is 22.6 Å². The Morgan fingerprint density at radius 3 is 2.36 bits per heavy atom. The standard InChI is InChI=1S/C23H21F2N3O2.CH3NO/c1-30-15-19-12-16(2-4-18(19)14-29)3-7-23(17-8-10-27-11-9-17)28(26)20-5-6-21(24)22(25)13-20;2-1-3/h2,4-14H,3,15,26H2,1H3;1H,(H2,2,3)/b23-7-;. The number of amides is 1. The number of benzene rings is 2. The number of methoxy groups -OCH3 is 1. The highest BCUT2D eigenvalue weighted by Crippen LogP contribution is 2.25. The number of aromatic nitrogens is 1. The molecule has 0 aliphatic rings. The number of carbonyl (C=O) groups excluding carboxylic acids is 2. The first-order valence-corrected chi connectivity index (χ1v) is 9.76. The van der Waals surface area contributed by atoms with E-state index in [0.29, 0.717) is 30.0 Å². The quantitative estimate of drug-likeness (QED) is 0.307. The molecule has 0 aliphatic carbocycles. The minimum atomic E-state index is -0.981. The van der Waals surface area contributed by atoms with Gasteiger partial charge in [-0.3, -0.25) is 19.6 Å². The van der Waals surface area contributed by atoms with Gasteiger partial charge in [-0.15, -0.1) is 0 Å². The summed E-state index contributed by atoms with van der Waals surface area (Å²) in [5.41, 5.74) is 8.12. The SMILES string of the molecule is COCc1cc(C/C=C(/c2ccncc2)N(N)c2ccc(F)c(F)c2)ccc1C=O.NC=O. The Bertz CT molecular complexity index is 1110. The van der Waals surface area contributed by atoms with E-state index in [1.165, 1.54) is 11.1 Å². The number of carbonyl (C=O) groups is 2. The van der Waals surface area contributed by atoms with E-state index in [1.54, 1.807) is 37.7 Å². The fourth-order valence-corrected chi connectivity index (χ4v) is 3.05. The van der Waals surface area contributed by atoms with Crippen LogP contribution in [0.3, 0.4) is 0 Å². The van der Waals surface area contributed by atoms with Crippen molar-refractivity contribution in [2.75, 3.05) is 12.1 Å². The first kappa shape index (κ1) is 25.3. The first-order chi connectivity index (χ1) is 15.9. The van der Waals surface area contributed by atoms with Gasteiger partial charge < -0.3 is 10.5 Å². The van der Waals surface area contributed by atoms with Gasteiger partial charge in [-0.25, -0.2) is 14.6 Å². The molecule has 0 bridgehead atoms. The fourth-order valence-electron chi connectivity index (χ4n) is 3.05. The van der Waals surface area contributed by atoms with Crippen molar-refractivity contribution < 1.29 is 23.1 Å². The third-order valence-electron chi connectivity index (χ3n) is 4.58. The second-order valence-electron chi connectivity index (χ2n) is 6.72. The fraction of sp³-hybridized carbons (Fsp3) is 0.125. The predicted octanol–water partition coefficient (Wildman–Crippen LogP) is 3.38. The maximum absolute atomic E-state index is 13.7. The number of allylic oxidation sites excluding steroid dienone is 1. The molecule has 9 heteroatoms. The van der Waals surface area contributed by atoms with Gasteiger partial charge in [-0.1, -0.05) is 24.3 Å². The van der Waals surface area contributed by atoms with Gasteiger partial charge in [0.05, 0.1) is 18.0 Å². The second-order valence-corrected chi connectivity index (χ2v) is 6.72. The Balaban J connectivity index is 0.00000122. The lowest BCUT2D eigenvalue weighted by Gasteiger charge is -2.23. The molecule has 0 atom stereocenters. The number of nitrogens with two attached hydrogens (primary N) is 2. The zero-order valence-electron chi connectivity index (χ0n) is 17.9. The second kappa shape index (κ2) is 12.8. The van der Waals surface area contributed by atoms with Gasteiger partial charge in [0.15, 0.2) is 11.6 Å². The molecule has 2 aromatic carbocycles. The van der Waals surface area contributed by atoms with E-state index in [2.05, 4.69) is 10.7 Å². The Labute approximate surface area is 190 Å². The first-order valence-electron chi connectivity index (χ1n) is 9.76. The van der Waals surface area contributed by atoms with Crippen molar-refractivity contribution in [1.29, 1.82) is 0 Å². The summed E-state index contributed by atoms with van der Waals surface area (Å²) in [6, 6.07) is 12.5. The van der Waals surface area contributed by atoms with Crippen molar-refractivity contribution in [1.82, 2.24) is 4.98 Å². The average Bonchev–Trinajstić information content (AvgIpc) is 2.82. The van der Waals surface area contributed by atoms with Crippen molar-refractivity contribution in [2.24, 2.45) is 11.6 Å². The van der Waals surface area contributed by atoms with Crippen molar-refractivity contribution in [3.05, 3.63) is 101 Å². The van der Waals surface area contributed by atoms with E-state index in [1.807, 2.05) is 18.2 Å². The number of rotatable bonds is 8. The van der Waals surface area contributed by atoms with Gasteiger partial charge >= 0.3 is 0 Å². The molecule has 0 radical (unpaired) electrons. The summed E-state index contributed by atoms with van der Waals surface area (Å²) in [5.74, 6) is 4.34. The molecular formula is C24H24F2N4O3. The van der Waals surface area contributed by atoms with Crippen LogP contribution in [0.5, 0.6) is 0 Å². The van der Waals surface area contributed by atoms with Crippen LogP contribution in [0.4, 0.5) is 14.5 Å². The lowest BCUT2D eigenvalue weighted by Crippen LogP contribution is -2.29. The van der Waals surface area contributed by atoms with Crippen LogP contribution in [0.2, 0.25) is 0 Å². The highest BCUT2D eigenvalue weighted by atomic mass is 19.2. The third kappa shape index (κ3) is 7.03. The summed E-state index contributed by atoms with van der Waals surface area (Å²) in [5, 5.41) is 1.30. The smallest absolute Gasteiger partial charge is 0.204 e. The molecule has 0 fully saturated rings. The van der Waals surface area contributed by atoms with E-state index in [4.69, 9.17) is 15.4 Å². The Kier molecular flexibility index (Phi) is 9.81. The summed E-state index contributed by atoms with van der Waals surface area (Å²) >= 11 is 0. The minimum absolute atomic E-state index is 0.250. The molecule has 0 saturated carbocycles. The van der Waals surface area contributed by atoms with Crippen LogP contribution in [0.15, 0.2) is 67.0 Å². The summed E-state index contributed by atoms with van der Waals surface area (Å²) in [6.07, 6.45) is 6.66. The summed E-state index contributed by atoms with van der Waals surface area (Å²) < 4.78 is 32.2. The third-order valence-corrected chi connectivity index (χ3v) is 4.58. The number of nitrogens with zero attached hydrogens (tertiary/aromatic N) is 2. The van der Waals surface area contributed by atoms with Gasteiger partial charge in [0.1, 0.15) is 6.29 Å². The molecule has 0 spiro atoms. The van der Waals surface area contributed by atoms with E-state index >= 15 is 0 Å². The van der Waals surface area contributed by atoms with Crippen molar-refractivity contribution in [2.45, 2.75) is 13.0 Å². The zero-order valence-corrected chi connectivity index (χ0v) is 17.9. The zero-order chi connectivity index (χ0) is 24.2. The van der Waals surface area contributed by atoms with Crippen LogP contribution in [0, 0.1) is 11.6 Å². The average molecular weight is 454 g/mol. The van der Waals surface area contributed by atoms with E-state index in [9.17, 15) is 13.6 Å². The monoisotopic (exact) mass is 454 g/mol. The minimum Gasteiger partial charge on any atom is -0.380 e. The van der Waals surface area contributed by atoms with Crippen LogP contribution in [0.1, 0.15) is 27.0 Å². The molecule has 0 saturated heterocycles. The van der Waals surface area contributed by atoms with Crippen molar-refractivity contribution >= 4 is 24.1 Å². The molecule has 3 aromatic rings. The van der Waals surface area contributed by atoms with Crippen molar-refractivity contribution in [3.8, 4) is 0 Å². The van der Waals surface area contributed by atoms with Gasteiger partial charge in [0.2, 0.25) is 6.41 Å². The number of ether oxygens (including phenoxy) is 1. The number of hydrazine groups is 1. The van der Waals surface area contributed by atoms with Gasteiger partial charge in [-0.2, -0.15) is 0 Å². The predicted molar refractivity (Wildman–Crippen MR) is 122 cm³/mol. The highest BCUT2D eigenvalue weighted by Gasteiger charge is 2.13. The van der Waals surface area contributed by atoms with Crippen LogP contribution in [-0.4, -0.2) is 24.8 Å². The summed E-state index contributed by atoms with van der Waals surface area (Å²) in [4.78, 5) is 23.8. The molecule has 1 heterocycles. The van der Waals surface area contributed by atoms with E-state index in [-0.39, 0.29) is 6.41 Å². The topological polar surface area (TPSA) is 112 Å². The lowest BCUT2D eigenvalue weighted by molar-refractivity contribution is -0.106. The molecule has 172 valence electrons. The Hall–Kier alpha value is -3.95. The number of anilines is 1. The molecule has 3 rings (SSSR count). The Morgan fingerprint density at radius 1 is 1.06 bits per heavy atom. The van der Waals surface area contributed by atoms with Gasteiger partial charge in [0.25, 0.3) is 0 Å². The number of hydrogen-bond acceptors (Lipinski definition) is 6. The van der Waals surface area contributed by atoms with Gasteiger partial charge in [0, 0.05) is 36.7 Å². The molecule has 1 amide bonds. The van der Waals surface area contributed by atoms with E-state index < -0.39 is 11.6 Å². The largest absolute Gasteiger partial charge is 0.380 e. The number of halogens is 2. The van der Waals surface area contributed by atoms with Crippen LogP contribution >= 0.6 is 0 Å². The van der Waals surface area contributed by atoms with Crippen LogP contribution < -0.4 is 16.6 Å². The molecule has 0 unspecified atom stereocenters. The number of aldehydes is 1. The maximum Gasteiger partial charge on any atom is 0.204 e. The molecule has 33 heavy (non-hydrogen) atoms. The molecule has 4 N–H and O–H groups in total. The molecule has 1 aromatic heterocycles. The lowest BCUT2D eigenvalue weighted by atomic mass is 10.0. The number of pyridine rings is 1.